The largest absolute Gasteiger partial charge is 0.491 e. The number of hydrogen-bond acceptors (Lipinski definition) is 6. The van der Waals surface area contributed by atoms with Gasteiger partial charge in [-0.3, -0.25) is 19.0 Å². The zero-order chi connectivity index (χ0) is 24.2. The quantitative estimate of drug-likeness (QED) is 0.577. The highest BCUT2D eigenvalue weighted by atomic mass is 35.5. The van der Waals surface area contributed by atoms with E-state index in [1.165, 1.54) is 20.2 Å². The maximum absolute atomic E-state index is 13.3. The SMILES string of the molecule is Cn1nc2n(c1=O)CC(C(=O)N1CCCNC(=O)c3cc(Cl)ccc3OCCNC(=O)C1)CC2. The molecule has 2 aliphatic rings. The third-order valence-corrected chi connectivity index (χ3v) is 6.19. The van der Waals surface area contributed by atoms with E-state index in [1.807, 2.05) is 0 Å². The topological polar surface area (TPSA) is 128 Å². The summed E-state index contributed by atoms with van der Waals surface area (Å²) in [6, 6.07) is 4.78. The van der Waals surface area contributed by atoms with Crippen LogP contribution in [0.5, 0.6) is 5.75 Å². The lowest BCUT2D eigenvalue weighted by atomic mass is 9.97. The molecule has 0 aliphatic carbocycles. The number of hydrogen-bond donors (Lipinski definition) is 2. The number of nitrogens with zero attached hydrogens (tertiary/aromatic N) is 4. The smallest absolute Gasteiger partial charge is 0.345 e. The number of rotatable bonds is 1. The highest BCUT2D eigenvalue weighted by molar-refractivity contribution is 6.31. The van der Waals surface area contributed by atoms with Crippen LogP contribution in [0.2, 0.25) is 5.02 Å². The van der Waals surface area contributed by atoms with Crippen LogP contribution in [0.3, 0.4) is 0 Å². The van der Waals surface area contributed by atoms with Crippen LogP contribution in [0.15, 0.2) is 23.0 Å². The molecule has 2 N–H and O–H groups in total. The predicted molar refractivity (Wildman–Crippen MR) is 123 cm³/mol. The number of aryl methyl sites for hydroxylation is 2. The van der Waals surface area contributed by atoms with Gasteiger partial charge in [-0.15, -0.1) is 0 Å². The van der Waals surface area contributed by atoms with Crippen LogP contribution >= 0.6 is 11.6 Å². The molecule has 0 spiro atoms. The first kappa shape index (κ1) is 23.8. The van der Waals surface area contributed by atoms with Gasteiger partial charge in [0, 0.05) is 38.1 Å². The van der Waals surface area contributed by atoms with Crippen molar-refractivity contribution >= 4 is 29.3 Å². The second kappa shape index (κ2) is 10.3. The van der Waals surface area contributed by atoms with E-state index in [0.717, 1.165) is 0 Å². The van der Waals surface area contributed by atoms with Crippen LogP contribution in [0.4, 0.5) is 0 Å². The Hall–Kier alpha value is -3.34. The zero-order valence-corrected chi connectivity index (χ0v) is 19.6. The molecule has 1 unspecified atom stereocenters. The minimum Gasteiger partial charge on any atom is -0.491 e. The van der Waals surface area contributed by atoms with Gasteiger partial charge in [0.15, 0.2) is 0 Å². The number of nitrogens with one attached hydrogen (secondary N) is 2. The van der Waals surface area contributed by atoms with Crippen molar-refractivity contribution < 1.29 is 19.1 Å². The Morgan fingerprint density at radius 3 is 2.85 bits per heavy atom. The van der Waals surface area contributed by atoms with E-state index in [2.05, 4.69) is 15.7 Å². The Bertz CT molecular complexity index is 1160. The molecule has 12 heteroatoms. The van der Waals surface area contributed by atoms with Crippen LogP contribution in [0.1, 0.15) is 29.0 Å². The Balaban J connectivity index is 1.46. The maximum Gasteiger partial charge on any atom is 0.345 e. The first-order valence-corrected chi connectivity index (χ1v) is 11.6. The van der Waals surface area contributed by atoms with Crippen LogP contribution in [-0.4, -0.2) is 69.8 Å². The average molecular weight is 491 g/mol. The molecule has 4 rings (SSSR count). The Morgan fingerprint density at radius 2 is 2.03 bits per heavy atom. The summed E-state index contributed by atoms with van der Waals surface area (Å²) in [7, 11) is 1.58. The van der Waals surface area contributed by atoms with Crippen LogP contribution < -0.4 is 21.1 Å². The highest BCUT2D eigenvalue weighted by Gasteiger charge is 2.31. The van der Waals surface area contributed by atoms with Crippen molar-refractivity contribution in [2.45, 2.75) is 25.8 Å². The van der Waals surface area contributed by atoms with Gasteiger partial charge in [0.2, 0.25) is 11.8 Å². The summed E-state index contributed by atoms with van der Waals surface area (Å²) in [4.78, 5) is 52.3. The van der Waals surface area contributed by atoms with Gasteiger partial charge in [0.25, 0.3) is 5.91 Å². The lowest BCUT2D eigenvalue weighted by Crippen LogP contribution is -2.47. The number of aromatic nitrogens is 3. The molecule has 11 nitrogen and oxygen atoms in total. The lowest BCUT2D eigenvalue weighted by Gasteiger charge is -2.29. The predicted octanol–water partition coefficient (Wildman–Crippen LogP) is -0.0451. The fraction of sp³-hybridized carbons (Fsp3) is 0.500. The van der Waals surface area contributed by atoms with Crippen molar-refractivity contribution in [2.75, 3.05) is 32.8 Å². The molecule has 2 aromatic rings. The van der Waals surface area contributed by atoms with Crippen molar-refractivity contribution in [2.24, 2.45) is 13.0 Å². The zero-order valence-electron chi connectivity index (χ0n) is 18.9. The molecule has 0 bridgehead atoms. The van der Waals surface area contributed by atoms with Gasteiger partial charge in [-0.1, -0.05) is 11.6 Å². The molecule has 182 valence electrons. The minimum absolute atomic E-state index is 0.107. The van der Waals surface area contributed by atoms with Gasteiger partial charge in [0.1, 0.15) is 18.2 Å². The van der Waals surface area contributed by atoms with Crippen molar-refractivity contribution in [1.82, 2.24) is 29.9 Å². The number of benzene rings is 1. The first-order chi connectivity index (χ1) is 16.3. The standard InChI is InChI=1S/C22H27ClN6O5/c1-27-22(33)29-12-14(3-6-18(29)26-27)21(32)28-9-2-7-25-20(31)16-11-15(23)4-5-17(16)34-10-8-24-19(30)13-28/h4-5,11,14H,2-3,6-10,12-13H2,1H3,(H,24,30)(H,25,31). The molecule has 1 atom stereocenters. The highest BCUT2D eigenvalue weighted by Crippen LogP contribution is 2.23. The summed E-state index contributed by atoms with van der Waals surface area (Å²) < 4.78 is 8.46. The molecule has 2 aliphatic heterocycles. The van der Waals surface area contributed by atoms with Crippen molar-refractivity contribution in [1.29, 1.82) is 0 Å². The Kier molecular flexibility index (Phi) is 7.20. The van der Waals surface area contributed by atoms with Gasteiger partial charge in [-0.2, -0.15) is 5.10 Å². The Labute approximate surface area is 201 Å². The number of ether oxygens (including phenoxy) is 1. The second-order valence-corrected chi connectivity index (χ2v) is 8.81. The molecule has 1 aromatic heterocycles. The molecule has 0 fully saturated rings. The number of carbonyl (C=O) groups excluding carboxylic acids is 3. The van der Waals surface area contributed by atoms with E-state index >= 15 is 0 Å². The van der Waals surface area contributed by atoms with Gasteiger partial charge in [-0.25, -0.2) is 9.48 Å². The first-order valence-electron chi connectivity index (χ1n) is 11.2. The summed E-state index contributed by atoms with van der Waals surface area (Å²) in [6.45, 7) is 1.08. The number of carbonyl (C=O) groups is 3. The third kappa shape index (κ3) is 5.24. The molecule has 1 aromatic carbocycles. The molecule has 0 saturated heterocycles. The number of fused-ring (bicyclic) bond motifs is 2. The summed E-state index contributed by atoms with van der Waals surface area (Å²) >= 11 is 6.04. The molecule has 3 heterocycles. The monoisotopic (exact) mass is 490 g/mol. The van der Waals surface area contributed by atoms with Gasteiger partial charge >= 0.3 is 5.69 Å². The third-order valence-electron chi connectivity index (χ3n) is 5.96. The fourth-order valence-corrected chi connectivity index (χ4v) is 4.39. The summed E-state index contributed by atoms with van der Waals surface area (Å²) in [5.41, 5.74) is 0.0538. The normalized spacial score (nSPS) is 19.7. The van der Waals surface area contributed by atoms with Crippen molar-refractivity contribution in [3.63, 3.8) is 0 Å². The fourth-order valence-electron chi connectivity index (χ4n) is 4.22. The number of halogens is 1. The molecule has 34 heavy (non-hydrogen) atoms. The lowest BCUT2D eigenvalue weighted by molar-refractivity contribution is -0.140. The van der Waals surface area contributed by atoms with E-state index in [0.29, 0.717) is 48.0 Å². The van der Waals surface area contributed by atoms with Gasteiger partial charge in [0.05, 0.1) is 24.6 Å². The molecule has 0 radical (unpaired) electrons. The average Bonchev–Trinajstić information content (AvgIpc) is 3.11. The second-order valence-electron chi connectivity index (χ2n) is 8.38. The summed E-state index contributed by atoms with van der Waals surface area (Å²) in [5.74, 6) is -0.196. The molecule has 3 amide bonds. The van der Waals surface area contributed by atoms with E-state index < -0.39 is 5.92 Å². The van der Waals surface area contributed by atoms with Crippen LogP contribution in [0.25, 0.3) is 0 Å². The number of amides is 3. The molecular weight excluding hydrogens is 464 g/mol. The summed E-state index contributed by atoms with van der Waals surface area (Å²) in [6.07, 6.45) is 1.52. The molecule has 0 saturated carbocycles. The maximum atomic E-state index is 13.3. The molecular formula is C22H27ClN6O5. The van der Waals surface area contributed by atoms with E-state index in [-0.39, 0.29) is 56.2 Å². The van der Waals surface area contributed by atoms with E-state index in [9.17, 15) is 19.2 Å². The van der Waals surface area contributed by atoms with Crippen LogP contribution in [-0.2, 0) is 29.6 Å². The Morgan fingerprint density at radius 1 is 1.21 bits per heavy atom. The van der Waals surface area contributed by atoms with Gasteiger partial charge < -0.3 is 20.3 Å². The van der Waals surface area contributed by atoms with E-state index in [1.54, 1.807) is 19.2 Å². The van der Waals surface area contributed by atoms with Crippen molar-refractivity contribution in [3.8, 4) is 5.75 Å². The van der Waals surface area contributed by atoms with Gasteiger partial charge in [-0.05, 0) is 31.0 Å². The van der Waals surface area contributed by atoms with Crippen molar-refractivity contribution in [3.05, 3.63) is 45.1 Å². The summed E-state index contributed by atoms with van der Waals surface area (Å²) in [5, 5.41) is 10.2. The van der Waals surface area contributed by atoms with E-state index in [4.69, 9.17) is 16.3 Å². The minimum atomic E-state index is -0.423. The van der Waals surface area contributed by atoms with Crippen LogP contribution in [0, 0.1) is 5.92 Å².